The normalized spacial score (nSPS) is 26.1. The number of rotatable bonds is 3. The molecule has 1 atom stereocenters. The summed E-state index contributed by atoms with van der Waals surface area (Å²) in [6, 6.07) is 7.71. The van der Waals surface area contributed by atoms with Crippen molar-refractivity contribution < 1.29 is 9.84 Å². The molecule has 1 saturated carbocycles. The molecule has 2 fully saturated rings. The van der Waals surface area contributed by atoms with Gasteiger partial charge in [0.15, 0.2) is 0 Å². The third-order valence-corrected chi connectivity index (χ3v) is 7.36. The lowest BCUT2D eigenvalue weighted by molar-refractivity contribution is -0.139. The van der Waals surface area contributed by atoms with Gasteiger partial charge in [-0.05, 0) is 43.5 Å². The second kappa shape index (κ2) is 7.04. The average molecular weight is 396 g/mol. The maximum atomic E-state index is 12.9. The highest BCUT2D eigenvalue weighted by Gasteiger charge is 2.54. The second-order valence-electron chi connectivity index (χ2n) is 9.22. The largest absolute Gasteiger partial charge is 0.387 e. The van der Waals surface area contributed by atoms with Crippen LogP contribution in [0.15, 0.2) is 35.4 Å². The number of fused-ring (bicyclic) bond motifs is 1. The van der Waals surface area contributed by atoms with Crippen LogP contribution in [-0.2, 0) is 24.5 Å². The van der Waals surface area contributed by atoms with Gasteiger partial charge in [0.25, 0.3) is 5.56 Å². The summed E-state index contributed by atoms with van der Waals surface area (Å²) in [6.07, 6.45) is 6.69. The van der Waals surface area contributed by atoms with E-state index < -0.39 is 5.60 Å². The minimum absolute atomic E-state index is 0.104. The first-order chi connectivity index (χ1) is 14.0. The van der Waals surface area contributed by atoms with E-state index in [1.54, 1.807) is 17.0 Å². The van der Waals surface area contributed by atoms with Gasteiger partial charge in [0.2, 0.25) is 0 Å². The van der Waals surface area contributed by atoms with Crippen molar-refractivity contribution in [2.24, 2.45) is 5.41 Å². The Labute approximate surface area is 171 Å². The highest BCUT2D eigenvalue weighted by atomic mass is 16.5. The zero-order chi connectivity index (χ0) is 20.1. The number of hydrogen-bond donors (Lipinski definition) is 1. The molecule has 1 N–H and O–H groups in total. The highest BCUT2D eigenvalue weighted by Crippen LogP contribution is 2.51. The number of aromatic nitrogens is 2. The predicted octanol–water partition coefficient (Wildman–Crippen LogP) is 2.57. The van der Waals surface area contributed by atoms with Gasteiger partial charge in [0.1, 0.15) is 0 Å². The number of nitrogens with zero attached hydrogens (tertiary/aromatic N) is 3. The van der Waals surface area contributed by atoms with E-state index in [-0.39, 0.29) is 11.0 Å². The fourth-order valence-electron chi connectivity index (χ4n) is 5.62. The van der Waals surface area contributed by atoms with Crippen molar-refractivity contribution in [3.8, 4) is 11.3 Å². The van der Waals surface area contributed by atoms with Crippen LogP contribution >= 0.6 is 0 Å². The summed E-state index contributed by atoms with van der Waals surface area (Å²) in [5, 5.41) is 11.7. The van der Waals surface area contributed by atoms with Crippen molar-refractivity contribution in [1.82, 2.24) is 14.5 Å². The molecule has 6 heteroatoms. The number of aliphatic hydroxyl groups is 1. The van der Waals surface area contributed by atoms with Crippen LogP contribution in [-0.4, -0.2) is 45.3 Å². The molecule has 0 radical (unpaired) electrons. The minimum Gasteiger partial charge on any atom is -0.387 e. The summed E-state index contributed by atoms with van der Waals surface area (Å²) in [5.41, 5.74) is 2.90. The maximum absolute atomic E-state index is 12.9. The van der Waals surface area contributed by atoms with Gasteiger partial charge in [-0.3, -0.25) is 9.36 Å². The van der Waals surface area contributed by atoms with Crippen LogP contribution in [0.2, 0.25) is 0 Å². The number of benzene rings is 1. The Morgan fingerprint density at radius 2 is 1.93 bits per heavy atom. The molecule has 2 aromatic rings. The molecule has 0 amide bonds. The molecule has 1 aromatic carbocycles. The molecule has 1 unspecified atom stereocenters. The van der Waals surface area contributed by atoms with E-state index in [0.717, 1.165) is 49.9 Å². The number of ether oxygens (including phenoxy) is 1. The van der Waals surface area contributed by atoms with Gasteiger partial charge in [-0.1, -0.05) is 25.0 Å². The van der Waals surface area contributed by atoms with Gasteiger partial charge < -0.3 is 14.7 Å². The van der Waals surface area contributed by atoms with Gasteiger partial charge in [-0.2, -0.15) is 0 Å². The van der Waals surface area contributed by atoms with Crippen molar-refractivity contribution >= 4 is 0 Å². The van der Waals surface area contributed by atoms with Gasteiger partial charge in [0, 0.05) is 30.1 Å². The Morgan fingerprint density at radius 3 is 2.72 bits per heavy atom. The van der Waals surface area contributed by atoms with Crippen LogP contribution in [0.5, 0.6) is 0 Å². The summed E-state index contributed by atoms with van der Waals surface area (Å²) in [6.45, 7) is 3.35. The molecule has 1 spiro atoms. The molecule has 1 aromatic heterocycles. The van der Waals surface area contributed by atoms with Crippen LogP contribution in [0.25, 0.3) is 11.3 Å². The Hall–Kier alpha value is -2.02. The zero-order valence-corrected chi connectivity index (χ0v) is 17.1. The quantitative estimate of drug-likeness (QED) is 0.865. The van der Waals surface area contributed by atoms with E-state index in [1.807, 2.05) is 6.07 Å². The SMILES string of the molecule is CN1CCC(O)(Cn2cnc(-c3ccc4c(c3)COC4)cc2=O)C2(CCCC2)C1. The smallest absolute Gasteiger partial charge is 0.253 e. The molecule has 6 nitrogen and oxygen atoms in total. The lowest BCUT2D eigenvalue weighted by Crippen LogP contribution is -2.60. The van der Waals surface area contributed by atoms with Crippen molar-refractivity contribution in [1.29, 1.82) is 0 Å². The second-order valence-corrected chi connectivity index (χ2v) is 9.22. The van der Waals surface area contributed by atoms with Gasteiger partial charge >= 0.3 is 0 Å². The molecule has 0 bridgehead atoms. The summed E-state index contributed by atoms with van der Waals surface area (Å²) in [5.74, 6) is 0. The lowest BCUT2D eigenvalue weighted by atomic mass is 9.66. The molecule has 29 heavy (non-hydrogen) atoms. The monoisotopic (exact) mass is 395 g/mol. The van der Waals surface area contributed by atoms with Crippen LogP contribution in [0.1, 0.15) is 43.2 Å². The van der Waals surface area contributed by atoms with Crippen molar-refractivity contribution in [2.75, 3.05) is 20.1 Å². The Balaban J connectivity index is 1.43. The fourth-order valence-corrected chi connectivity index (χ4v) is 5.62. The molecule has 3 aliphatic rings. The molecule has 2 aliphatic heterocycles. The Morgan fingerprint density at radius 1 is 1.14 bits per heavy atom. The first kappa shape index (κ1) is 19.0. The standard InChI is InChI=1S/C23H29N3O3/c1-25-9-8-23(28,22(14-25)6-2-3-7-22)15-26-16-24-20(11-21(26)27)17-4-5-18-12-29-13-19(18)10-17/h4-5,10-11,16,28H,2-3,6-9,12-15H2,1H3. The van der Waals surface area contributed by atoms with Gasteiger partial charge in [0.05, 0.1) is 37.4 Å². The van der Waals surface area contributed by atoms with E-state index in [0.29, 0.717) is 31.9 Å². The molecule has 1 aliphatic carbocycles. The molecule has 5 rings (SSSR count). The van der Waals surface area contributed by atoms with E-state index in [4.69, 9.17) is 4.74 Å². The summed E-state index contributed by atoms with van der Waals surface area (Å²) >= 11 is 0. The molecule has 154 valence electrons. The minimum atomic E-state index is -0.853. The average Bonchev–Trinajstić information content (AvgIpc) is 3.37. The summed E-state index contributed by atoms with van der Waals surface area (Å²) < 4.78 is 7.08. The van der Waals surface area contributed by atoms with Crippen molar-refractivity contribution in [3.63, 3.8) is 0 Å². The fraction of sp³-hybridized carbons (Fsp3) is 0.565. The topological polar surface area (TPSA) is 67.6 Å². The number of hydrogen-bond acceptors (Lipinski definition) is 5. The lowest BCUT2D eigenvalue weighted by Gasteiger charge is -2.51. The highest BCUT2D eigenvalue weighted by molar-refractivity contribution is 5.60. The van der Waals surface area contributed by atoms with Crippen molar-refractivity contribution in [3.05, 3.63) is 52.1 Å². The predicted molar refractivity (Wildman–Crippen MR) is 110 cm³/mol. The molecule has 1 saturated heterocycles. The van der Waals surface area contributed by atoms with Gasteiger partial charge in [-0.15, -0.1) is 0 Å². The third-order valence-electron chi connectivity index (χ3n) is 7.36. The summed E-state index contributed by atoms with van der Waals surface area (Å²) in [4.78, 5) is 19.8. The molecule has 3 heterocycles. The third kappa shape index (κ3) is 3.23. The van der Waals surface area contributed by atoms with Crippen LogP contribution in [0, 0.1) is 5.41 Å². The summed E-state index contributed by atoms with van der Waals surface area (Å²) in [7, 11) is 2.13. The van der Waals surface area contributed by atoms with Crippen LogP contribution in [0.4, 0.5) is 0 Å². The van der Waals surface area contributed by atoms with Crippen molar-refractivity contribution in [2.45, 2.75) is 57.5 Å². The van der Waals surface area contributed by atoms with E-state index in [1.165, 1.54) is 5.56 Å². The molecular weight excluding hydrogens is 366 g/mol. The Bertz CT molecular complexity index is 980. The Kier molecular flexibility index (Phi) is 4.61. The van der Waals surface area contributed by atoms with E-state index in [2.05, 4.69) is 29.1 Å². The zero-order valence-electron chi connectivity index (χ0n) is 17.1. The van der Waals surface area contributed by atoms with E-state index >= 15 is 0 Å². The first-order valence-corrected chi connectivity index (χ1v) is 10.7. The van der Waals surface area contributed by atoms with Crippen LogP contribution < -0.4 is 5.56 Å². The first-order valence-electron chi connectivity index (χ1n) is 10.7. The number of piperidine rings is 1. The van der Waals surface area contributed by atoms with E-state index in [9.17, 15) is 9.90 Å². The molecular formula is C23H29N3O3. The number of likely N-dealkylation sites (tertiary alicyclic amines) is 1. The van der Waals surface area contributed by atoms with Crippen LogP contribution in [0.3, 0.4) is 0 Å². The van der Waals surface area contributed by atoms with Gasteiger partial charge in [-0.25, -0.2) is 4.98 Å². The maximum Gasteiger partial charge on any atom is 0.253 e.